The molecule has 36 heavy (non-hydrogen) atoms. The van der Waals surface area contributed by atoms with E-state index in [1.807, 2.05) is 0 Å². The number of carbonyl (C=O) groups is 3. The molecule has 2 saturated carbocycles. The molecular weight excluding hydrogens is 472 g/mol. The molecule has 0 radical (unpaired) electrons. The van der Waals surface area contributed by atoms with Gasteiger partial charge in [0.2, 0.25) is 0 Å². The summed E-state index contributed by atoms with van der Waals surface area (Å²) in [5, 5.41) is 45.2. The van der Waals surface area contributed by atoms with Gasteiger partial charge in [-0.25, -0.2) is 0 Å². The van der Waals surface area contributed by atoms with Crippen molar-refractivity contribution < 1.29 is 49.0 Å². The van der Waals surface area contributed by atoms with Crippen LogP contribution >= 0.6 is 0 Å². The zero-order valence-corrected chi connectivity index (χ0v) is 21.9. The summed E-state index contributed by atoms with van der Waals surface area (Å²) in [5.41, 5.74) is -3.74. The largest absolute Gasteiger partial charge is 0.461 e. The van der Waals surface area contributed by atoms with Gasteiger partial charge >= 0.3 is 17.9 Å². The lowest BCUT2D eigenvalue weighted by molar-refractivity contribution is -0.211. The molecule has 0 aromatic heterocycles. The van der Waals surface area contributed by atoms with Crippen molar-refractivity contribution in [3.8, 4) is 0 Å². The van der Waals surface area contributed by atoms with Gasteiger partial charge in [0.05, 0.1) is 23.7 Å². The highest BCUT2D eigenvalue weighted by molar-refractivity contribution is 5.69. The molecule has 9 atom stereocenters. The highest BCUT2D eigenvalue weighted by Crippen LogP contribution is 2.65. The van der Waals surface area contributed by atoms with Gasteiger partial charge in [0.15, 0.2) is 0 Å². The van der Waals surface area contributed by atoms with Crippen LogP contribution in [0.3, 0.4) is 0 Å². The van der Waals surface area contributed by atoms with Gasteiger partial charge in [0.1, 0.15) is 23.9 Å². The van der Waals surface area contributed by atoms with Crippen molar-refractivity contribution in [3.63, 3.8) is 0 Å². The Hall–Kier alpha value is -2.27. The van der Waals surface area contributed by atoms with E-state index in [9.17, 15) is 34.8 Å². The average Bonchev–Trinajstić information content (AvgIpc) is 2.97. The van der Waals surface area contributed by atoms with E-state index in [1.54, 1.807) is 27.7 Å². The van der Waals surface area contributed by atoms with E-state index in [-0.39, 0.29) is 24.0 Å². The molecule has 0 aromatic carbocycles. The van der Waals surface area contributed by atoms with E-state index in [4.69, 9.17) is 14.2 Å². The Labute approximate surface area is 210 Å². The second-order valence-corrected chi connectivity index (χ2v) is 11.1. The number of hydrogen-bond acceptors (Lipinski definition) is 10. The normalized spacial score (nSPS) is 40.6. The second-order valence-electron chi connectivity index (χ2n) is 11.1. The summed E-state index contributed by atoms with van der Waals surface area (Å²) in [6.07, 6.45) is -8.10. The highest BCUT2D eigenvalue weighted by atomic mass is 16.6. The average molecular weight is 511 g/mol. The first-order chi connectivity index (χ1) is 16.4. The lowest BCUT2D eigenvalue weighted by Gasteiger charge is -2.55. The minimum Gasteiger partial charge on any atom is -0.461 e. The lowest BCUT2D eigenvalue weighted by Crippen LogP contribution is -2.63. The maximum absolute atomic E-state index is 12.5. The summed E-state index contributed by atoms with van der Waals surface area (Å²) in [5.74, 6) is -3.14. The first kappa shape index (κ1) is 28.3. The molecule has 10 heteroatoms. The molecule has 0 aliphatic heterocycles. The fourth-order valence-corrected chi connectivity index (χ4v) is 7.04. The predicted molar refractivity (Wildman–Crippen MR) is 126 cm³/mol. The number of carbonyl (C=O) groups excluding carboxylic acids is 3. The number of fused-ring (bicyclic) bond motifs is 2. The number of hydrogen-bond donors (Lipinski definition) is 4. The van der Waals surface area contributed by atoms with Gasteiger partial charge in [-0.1, -0.05) is 13.5 Å². The minimum absolute atomic E-state index is 0.109. The molecule has 0 heterocycles. The molecule has 0 amide bonds. The number of aliphatic hydroxyl groups is 4. The highest BCUT2D eigenvalue weighted by Gasteiger charge is 2.73. The van der Waals surface area contributed by atoms with Crippen LogP contribution in [0.4, 0.5) is 0 Å². The Balaban J connectivity index is 2.50. The maximum atomic E-state index is 12.5. The topological polar surface area (TPSA) is 160 Å². The summed E-state index contributed by atoms with van der Waals surface area (Å²) < 4.78 is 17.4. The quantitative estimate of drug-likeness (QED) is 0.243. The third-order valence-corrected chi connectivity index (χ3v) is 8.63. The molecule has 0 unspecified atom stereocenters. The van der Waals surface area contributed by atoms with E-state index in [2.05, 4.69) is 6.58 Å². The van der Waals surface area contributed by atoms with Crippen molar-refractivity contribution >= 4 is 17.9 Å². The van der Waals surface area contributed by atoms with E-state index < -0.39 is 76.9 Å². The molecule has 2 fully saturated rings. The van der Waals surface area contributed by atoms with Gasteiger partial charge in [-0.3, -0.25) is 14.4 Å². The summed E-state index contributed by atoms with van der Waals surface area (Å²) in [4.78, 5) is 37.0. The van der Waals surface area contributed by atoms with Crippen molar-refractivity contribution in [2.45, 2.75) is 104 Å². The van der Waals surface area contributed by atoms with Gasteiger partial charge in [-0.2, -0.15) is 0 Å². The van der Waals surface area contributed by atoms with Gasteiger partial charge in [0.25, 0.3) is 0 Å². The Morgan fingerprint density at radius 1 is 0.944 bits per heavy atom. The van der Waals surface area contributed by atoms with Gasteiger partial charge in [-0.15, -0.1) is 0 Å². The Bertz CT molecular complexity index is 999. The molecule has 0 spiro atoms. The van der Waals surface area contributed by atoms with E-state index in [1.165, 1.54) is 20.8 Å². The SMILES string of the molecule is C=C1[C@@H](O)C[C@H](O)[C@@]2(C)[C@@H](OC(C)=O)[C@H](O)C3=C(C)[C@@H](O)C[C@@]3(C(C)(C)OC(C)=O)[C@@H](OC(C)=O)[C@H]12. The molecule has 0 saturated heterocycles. The first-order valence-corrected chi connectivity index (χ1v) is 12.1. The third-order valence-electron chi connectivity index (χ3n) is 8.63. The Morgan fingerprint density at radius 3 is 1.97 bits per heavy atom. The van der Waals surface area contributed by atoms with Crippen molar-refractivity contribution in [1.82, 2.24) is 0 Å². The summed E-state index contributed by atoms with van der Waals surface area (Å²) in [7, 11) is 0. The molecule has 3 rings (SSSR count). The smallest absolute Gasteiger partial charge is 0.303 e. The monoisotopic (exact) mass is 510 g/mol. The lowest BCUT2D eigenvalue weighted by atomic mass is 9.54. The molecule has 10 nitrogen and oxygen atoms in total. The van der Waals surface area contributed by atoms with Crippen LogP contribution in [0.5, 0.6) is 0 Å². The number of ether oxygens (including phenoxy) is 3. The van der Waals surface area contributed by atoms with Crippen molar-refractivity contribution in [2.75, 3.05) is 0 Å². The molecule has 4 N–H and O–H groups in total. The van der Waals surface area contributed by atoms with E-state index in [0.717, 1.165) is 0 Å². The number of rotatable bonds is 4. The fraction of sp³-hybridized carbons (Fsp3) is 0.731. The molecule has 3 aliphatic carbocycles. The standard InChI is InChI=1S/C26H38O10/c1-11-16(30)9-18(32)25(8)20(11)22(34-13(3)27)26(24(6,7)36-15(5)29)10-17(31)12(2)19(26)21(33)23(25)35-14(4)28/h16-18,20-23,30-33H,1,9-10H2,2-8H3/t16-,17-,18-,20-,21+,22-,23-,25+,26-/m0/s1. The van der Waals surface area contributed by atoms with Crippen LogP contribution in [0.25, 0.3) is 0 Å². The van der Waals surface area contributed by atoms with Crippen molar-refractivity contribution in [3.05, 3.63) is 23.3 Å². The van der Waals surface area contributed by atoms with Gasteiger partial charge < -0.3 is 34.6 Å². The molecule has 0 bridgehead atoms. The minimum atomic E-state index is -1.58. The molecule has 202 valence electrons. The van der Waals surface area contributed by atoms with Crippen LogP contribution in [0.1, 0.15) is 61.3 Å². The zero-order chi connectivity index (χ0) is 27.5. The summed E-state index contributed by atoms with van der Waals surface area (Å²) in [6, 6.07) is 0. The summed E-state index contributed by atoms with van der Waals surface area (Å²) >= 11 is 0. The first-order valence-electron chi connectivity index (χ1n) is 12.1. The van der Waals surface area contributed by atoms with Crippen LogP contribution in [0, 0.1) is 16.7 Å². The number of aliphatic hydroxyl groups excluding tert-OH is 4. The fourth-order valence-electron chi connectivity index (χ4n) is 7.04. The maximum Gasteiger partial charge on any atom is 0.303 e. The number of esters is 3. The van der Waals surface area contributed by atoms with E-state index in [0.29, 0.717) is 5.57 Å². The van der Waals surface area contributed by atoms with Crippen LogP contribution in [-0.4, -0.2) is 80.6 Å². The van der Waals surface area contributed by atoms with Crippen LogP contribution in [-0.2, 0) is 28.6 Å². The Morgan fingerprint density at radius 2 is 1.47 bits per heavy atom. The molecular formula is C26H38O10. The van der Waals surface area contributed by atoms with Crippen molar-refractivity contribution in [2.24, 2.45) is 16.7 Å². The Kier molecular flexibility index (Phi) is 7.26. The zero-order valence-electron chi connectivity index (χ0n) is 21.9. The van der Waals surface area contributed by atoms with Crippen LogP contribution in [0.2, 0.25) is 0 Å². The van der Waals surface area contributed by atoms with Crippen LogP contribution < -0.4 is 0 Å². The molecule has 0 aromatic rings. The van der Waals surface area contributed by atoms with Gasteiger partial charge in [0, 0.05) is 38.5 Å². The van der Waals surface area contributed by atoms with Crippen LogP contribution in [0.15, 0.2) is 23.3 Å². The third kappa shape index (κ3) is 3.98. The predicted octanol–water partition coefficient (Wildman–Crippen LogP) is 0.938. The van der Waals surface area contributed by atoms with Crippen molar-refractivity contribution in [1.29, 1.82) is 0 Å². The van der Waals surface area contributed by atoms with E-state index >= 15 is 0 Å². The summed E-state index contributed by atoms with van der Waals surface area (Å²) in [6.45, 7) is 14.0. The molecule has 3 aliphatic rings. The second kappa shape index (κ2) is 9.24. The van der Waals surface area contributed by atoms with Gasteiger partial charge in [-0.05, 0) is 43.9 Å².